The zero-order chi connectivity index (χ0) is 12.8. The van der Waals surface area contributed by atoms with Crippen LogP contribution in [0.2, 0.25) is 0 Å². The normalized spacial score (nSPS) is 19.2. The molecule has 92 valence electrons. The number of methoxy groups -OCH3 is 1. The molecule has 7 nitrogen and oxygen atoms in total. The molecule has 1 amide bonds. The molecular formula is C10H11NO6. The average molecular weight is 241 g/mol. The van der Waals surface area contributed by atoms with Gasteiger partial charge in [0.1, 0.15) is 12.6 Å². The molecule has 1 aliphatic rings. The lowest BCUT2D eigenvalue weighted by atomic mass is 10.2. The van der Waals surface area contributed by atoms with Crippen molar-refractivity contribution in [2.45, 2.75) is 12.5 Å². The number of nitrogens with one attached hydrogen (secondary N) is 1. The Morgan fingerprint density at radius 2 is 2.00 bits per heavy atom. The van der Waals surface area contributed by atoms with E-state index in [1.165, 1.54) is 7.11 Å². The molecule has 1 heterocycles. The Morgan fingerprint density at radius 3 is 2.53 bits per heavy atom. The highest BCUT2D eigenvalue weighted by atomic mass is 16.5. The summed E-state index contributed by atoms with van der Waals surface area (Å²) in [7, 11) is 1.17. The molecule has 0 radical (unpaired) electrons. The number of ether oxygens (including phenoxy) is 2. The SMILES string of the molecule is COC(=O)/C=C/C(=O)OC[C@H]1NC(=O)CC1=O. The molecule has 1 atom stereocenters. The van der Waals surface area contributed by atoms with Crippen LogP contribution >= 0.6 is 0 Å². The van der Waals surface area contributed by atoms with E-state index >= 15 is 0 Å². The second kappa shape index (κ2) is 5.78. The predicted molar refractivity (Wildman–Crippen MR) is 53.7 cm³/mol. The van der Waals surface area contributed by atoms with E-state index in [1.807, 2.05) is 0 Å². The maximum Gasteiger partial charge on any atom is 0.331 e. The summed E-state index contributed by atoms with van der Waals surface area (Å²) in [5.41, 5.74) is 0. The minimum Gasteiger partial charge on any atom is -0.466 e. The van der Waals surface area contributed by atoms with E-state index in [4.69, 9.17) is 0 Å². The molecule has 1 saturated heterocycles. The summed E-state index contributed by atoms with van der Waals surface area (Å²) in [5, 5.41) is 2.35. The number of carbonyl (C=O) groups is 4. The molecule has 1 fully saturated rings. The molecular weight excluding hydrogens is 230 g/mol. The Balaban J connectivity index is 2.34. The number of carbonyl (C=O) groups excluding carboxylic acids is 4. The lowest BCUT2D eigenvalue weighted by molar-refractivity contribution is -0.140. The number of amides is 1. The van der Waals surface area contributed by atoms with Crippen molar-refractivity contribution in [2.24, 2.45) is 0 Å². The molecule has 0 aromatic heterocycles. The first-order chi connectivity index (χ1) is 8.02. The fraction of sp³-hybridized carbons (Fsp3) is 0.400. The minimum absolute atomic E-state index is 0.194. The van der Waals surface area contributed by atoms with E-state index < -0.39 is 18.0 Å². The van der Waals surface area contributed by atoms with Gasteiger partial charge in [0, 0.05) is 12.2 Å². The fourth-order valence-electron chi connectivity index (χ4n) is 1.16. The number of Topliss-reactive ketones (excluding diaryl/α,β-unsaturated/α-hetero) is 1. The number of rotatable bonds is 4. The first-order valence-electron chi connectivity index (χ1n) is 4.78. The van der Waals surface area contributed by atoms with Crippen molar-refractivity contribution in [3.8, 4) is 0 Å². The summed E-state index contributed by atoms with van der Waals surface area (Å²) in [4.78, 5) is 43.7. The highest BCUT2D eigenvalue weighted by Crippen LogP contribution is 2.02. The Hall–Kier alpha value is -2.18. The second-order valence-corrected chi connectivity index (χ2v) is 3.25. The third-order valence-electron chi connectivity index (χ3n) is 2.01. The zero-order valence-corrected chi connectivity index (χ0v) is 9.10. The first kappa shape index (κ1) is 12.9. The predicted octanol–water partition coefficient (Wildman–Crippen LogP) is -1.28. The van der Waals surface area contributed by atoms with E-state index in [1.54, 1.807) is 0 Å². The standard InChI is InChI=1S/C10H11NO6/c1-16-9(14)2-3-10(15)17-5-6-7(12)4-8(13)11-6/h2-3,6H,4-5H2,1H3,(H,11,13)/b3-2+/t6-/m1/s1. The lowest BCUT2D eigenvalue weighted by Gasteiger charge is -2.07. The van der Waals surface area contributed by atoms with Crippen LogP contribution in [-0.4, -0.2) is 43.4 Å². The number of ketones is 1. The quantitative estimate of drug-likeness (QED) is 0.374. The fourth-order valence-corrected chi connectivity index (χ4v) is 1.16. The van der Waals surface area contributed by atoms with Gasteiger partial charge in [-0.3, -0.25) is 9.59 Å². The smallest absolute Gasteiger partial charge is 0.331 e. The highest BCUT2D eigenvalue weighted by molar-refractivity contribution is 6.07. The topological polar surface area (TPSA) is 98.8 Å². The van der Waals surface area contributed by atoms with Gasteiger partial charge in [0.2, 0.25) is 5.91 Å². The largest absolute Gasteiger partial charge is 0.466 e. The molecule has 1 aliphatic heterocycles. The van der Waals surface area contributed by atoms with Crippen LogP contribution < -0.4 is 5.32 Å². The van der Waals surface area contributed by atoms with Crippen molar-refractivity contribution < 1.29 is 28.7 Å². The van der Waals surface area contributed by atoms with E-state index in [-0.39, 0.29) is 24.7 Å². The van der Waals surface area contributed by atoms with Gasteiger partial charge in [-0.15, -0.1) is 0 Å². The third-order valence-corrected chi connectivity index (χ3v) is 2.01. The van der Waals surface area contributed by atoms with Crippen molar-refractivity contribution in [3.63, 3.8) is 0 Å². The monoisotopic (exact) mass is 241 g/mol. The van der Waals surface area contributed by atoms with Crippen LogP contribution in [0.4, 0.5) is 0 Å². The zero-order valence-electron chi connectivity index (χ0n) is 9.10. The summed E-state index contributed by atoms with van der Waals surface area (Å²) in [5.74, 6) is -2.18. The first-order valence-corrected chi connectivity index (χ1v) is 4.78. The molecule has 0 aromatic carbocycles. The molecule has 0 unspecified atom stereocenters. The molecule has 1 N–H and O–H groups in total. The van der Waals surface area contributed by atoms with E-state index in [9.17, 15) is 19.2 Å². The summed E-state index contributed by atoms with van der Waals surface area (Å²) in [6.07, 6.45) is 1.59. The molecule has 0 aromatic rings. The van der Waals surface area contributed by atoms with Crippen molar-refractivity contribution in [1.82, 2.24) is 5.32 Å². The van der Waals surface area contributed by atoms with Crippen LogP contribution in [0.3, 0.4) is 0 Å². The Morgan fingerprint density at radius 1 is 1.35 bits per heavy atom. The summed E-state index contributed by atoms with van der Waals surface area (Å²) in [6.45, 7) is -0.241. The van der Waals surface area contributed by atoms with Crippen molar-refractivity contribution in [3.05, 3.63) is 12.2 Å². The van der Waals surface area contributed by atoms with Gasteiger partial charge in [-0.05, 0) is 0 Å². The molecule has 17 heavy (non-hydrogen) atoms. The van der Waals surface area contributed by atoms with Crippen molar-refractivity contribution >= 4 is 23.6 Å². The number of hydrogen-bond acceptors (Lipinski definition) is 6. The minimum atomic E-state index is -0.794. The maximum atomic E-state index is 11.1. The molecule has 0 saturated carbocycles. The van der Waals surface area contributed by atoms with Crippen LogP contribution in [0.1, 0.15) is 6.42 Å². The number of esters is 2. The molecule has 7 heteroatoms. The van der Waals surface area contributed by atoms with E-state index in [0.29, 0.717) is 0 Å². The van der Waals surface area contributed by atoms with Crippen molar-refractivity contribution in [2.75, 3.05) is 13.7 Å². The van der Waals surface area contributed by atoms with Gasteiger partial charge >= 0.3 is 11.9 Å². The van der Waals surface area contributed by atoms with Gasteiger partial charge < -0.3 is 14.8 Å². The van der Waals surface area contributed by atoms with Gasteiger partial charge in [-0.1, -0.05) is 0 Å². The Kier molecular flexibility index (Phi) is 4.38. The van der Waals surface area contributed by atoms with Gasteiger partial charge in [0.05, 0.1) is 13.5 Å². The van der Waals surface area contributed by atoms with Crippen molar-refractivity contribution in [1.29, 1.82) is 0 Å². The van der Waals surface area contributed by atoms with Gasteiger partial charge in [-0.2, -0.15) is 0 Å². The van der Waals surface area contributed by atoms with Crippen LogP contribution in [0, 0.1) is 0 Å². The number of hydrogen-bond donors (Lipinski definition) is 1. The molecule has 0 spiro atoms. The third kappa shape index (κ3) is 4.06. The van der Waals surface area contributed by atoms with Crippen LogP contribution in [0.15, 0.2) is 12.2 Å². The van der Waals surface area contributed by atoms with Gasteiger partial charge in [-0.25, -0.2) is 9.59 Å². The van der Waals surface area contributed by atoms with Crippen LogP contribution in [0.5, 0.6) is 0 Å². The lowest BCUT2D eigenvalue weighted by Crippen LogP contribution is -2.34. The van der Waals surface area contributed by atoms with Gasteiger partial charge in [0.15, 0.2) is 5.78 Å². The second-order valence-electron chi connectivity index (χ2n) is 3.25. The highest BCUT2D eigenvalue weighted by Gasteiger charge is 2.30. The summed E-state index contributed by atoms with van der Waals surface area (Å²) >= 11 is 0. The average Bonchev–Trinajstić information content (AvgIpc) is 2.62. The van der Waals surface area contributed by atoms with E-state index in [0.717, 1.165) is 12.2 Å². The Labute approximate surface area is 96.8 Å². The van der Waals surface area contributed by atoms with Gasteiger partial charge in [0.25, 0.3) is 0 Å². The summed E-state index contributed by atoms with van der Waals surface area (Å²) in [6, 6.07) is -0.794. The van der Waals surface area contributed by atoms with Crippen LogP contribution in [-0.2, 0) is 28.7 Å². The van der Waals surface area contributed by atoms with Crippen LogP contribution in [0.25, 0.3) is 0 Å². The Bertz CT molecular complexity index is 386. The maximum absolute atomic E-state index is 11.1. The summed E-state index contributed by atoms with van der Waals surface area (Å²) < 4.78 is 8.94. The van der Waals surface area contributed by atoms with E-state index in [2.05, 4.69) is 14.8 Å². The molecule has 0 bridgehead atoms. The molecule has 0 aliphatic carbocycles. The molecule has 1 rings (SSSR count).